The van der Waals surface area contributed by atoms with Crippen molar-refractivity contribution in [2.45, 2.75) is 64.5 Å². The Kier molecular flexibility index (Phi) is 6.02. The summed E-state index contributed by atoms with van der Waals surface area (Å²) in [4.78, 5) is 2.98. The van der Waals surface area contributed by atoms with E-state index in [1.54, 1.807) is 11.1 Å². The van der Waals surface area contributed by atoms with E-state index in [0.717, 1.165) is 0 Å². The second-order valence-electron chi connectivity index (χ2n) is 11.2. The predicted molar refractivity (Wildman–Crippen MR) is 150 cm³/mol. The standard InChI is InChI=1S/C27H36OS2Si2/c1-10-13-28-23-21(16-18(2)17-22(23)32(8,9)27(3,4)5)31(6,7)26-19-11-14-29-24(19)25-20(26)12-15-30-25/h10-12,14-17,26H,1,13H2,2-9H3. The third-order valence-corrected chi connectivity index (χ3v) is 19.1. The summed E-state index contributed by atoms with van der Waals surface area (Å²) in [6, 6.07) is 9.62. The number of benzene rings is 1. The van der Waals surface area contributed by atoms with Gasteiger partial charge in [0.1, 0.15) is 12.4 Å². The molecule has 0 bridgehead atoms. The van der Waals surface area contributed by atoms with Gasteiger partial charge < -0.3 is 4.74 Å². The van der Waals surface area contributed by atoms with Crippen molar-refractivity contribution in [3.8, 4) is 15.5 Å². The fourth-order valence-corrected chi connectivity index (χ4v) is 13.3. The van der Waals surface area contributed by atoms with Crippen LogP contribution in [0.4, 0.5) is 0 Å². The lowest BCUT2D eigenvalue weighted by Gasteiger charge is -2.41. The summed E-state index contributed by atoms with van der Waals surface area (Å²) in [5.41, 5.74) is 4.92. The summed E-state index contributed by atoms with van der Waals surface area (Å²) in [6.45, 7) is 24.1. The molecule has 0 fully saturated rings. The lowest BCUT2D eigenvalue weighted by Crippen LogP contribution is -2.55. The second kappa shape index (κ2) is 8.12. The van der Waals surface area contributed by atoms with E-state index in [9.17, 15) is 0 Å². The molecule has 0 N–H and O–H groups in total. The monoisotopic (exact) mass is 496 g/mol. The Balaban J connectivity index is 1.97. The van der Waals surface area contributed by atoms with Crippen molar-refractivity contribution in [1.82, 2.24) is 0 Å². The van der Waals surface area contributed by atoms with Crippen molar-refractivity contribution in [3.63, 3.8) is 0 Å². The molecular weight excluding hydrogens is 461 g/mol. The average molecular weight is 497 g/mol. The van der Waals surface area contributed by atoms with E-state index in [1.807, 2.05) is 28.7 Å². The van der Waals surface area contributed by atoms with Crippen LogP contribution in [-0.4, -0.2) is 22.8 Å². The van der Waals surface area contributed by atoms with Crippen LogP contribution in [0.25, 0.3) is 9.75 Å². The molecule has 2 heterocycles. The van der Waals surface area contributed by atoms with Gasteiger partial charge in [0.15, 0.2) is 0 Å². The van der Waals surface area contributed by atoms with E-state index in [1.165, 1.54) is 31.4 Å². The van der Waals surface area contributed by atoms with E-state index in [2.05, 4.69) is 95.5 Å². The Morgan fingerprint density at radius 3 is 2.00 bits per heavy atom. The van der Waals surface area contributed by atoms with Gasteiger partial charge in [0.05, 0.1) is 16.1 Å². The number of hydrogen-bond acceptors (Lipinski definition) is 3. The molecule has 1 aliphatic carbocycles. The molecular formula is C27H36OS2Si2. The van der Waals surface area contributed by atoms with Crippen molar-refractivity contribution in [1.29, 1.82) is 0 Å². The van der Waals surface area contributed by atoms with Gasteiger partial charge in [-0.05, 0) is 56.4 Å². The summed E-state index contributed by atoms with van der Waals surface area (Å²) in [5.74, 6) is 1.17. The Labute approximate surface area is 204 Å². The molecule has 32 heavy (non-hydrogen) atoms. The Hall–Kier alpha value is -1.41. The third-order valence-electron chi connectivity index (χ3n) is 7.76. The van der Waals surface area contributed by atoms with Gasteiger partial charge in [0.25, 0.3) is 0 Å². The minimum absolute atomic E-state index is 0.241. The van der Waals surface area contributed by atoms with Crippen LogP contribution in [0.5, 0.6) is 5.75 Å². The molecule has 0 unspecified atom stereocenters. The van der Waals surface area contributed by atoms with Crippen LogP contribution < -0.4 is 15.1 Å². The van der Waals surface area contributed by atoms with E-state index in [0.29, 0.717) is 12.1 Å². The Morgan fingerprint density at radius 1 is 0.969 bits per heavy atom. The molecule has 0 spiro atoms. The van der Waals surface area contributed by atoms with Crippen LogP contribution in [0.15, 0.2) is 47.7 Å². The zero-order chi connectivity index (χ0) is 23.5. The third kappa shape index (κ3) is 3.62. The number of aryl methyl sites for hydroxylation is 1. The molecule has 1 nitrogen and oxygen atoms in total. The molecule has 1 aliphatic rings. The van der Waals surface area contributed by atoms with E-state index >= 15 is 0 Å². The first-order chi connectivity index (χ1) is 14.9. The first kappa shape index (κ1) is 23.7. The lowest BCUT2D eigenvalue weighted by molar-refractivity contribution is 0.368. The Bertz CT molecular complexity index is 1120. The largest absolute Gasteiger partial charge is 0.490 e. The maximum atomic E-state index is 6.60. The fourth-order valence-electron chi connectivity index (χ4n) is 4.98. The predicted octanol–water partition coefficient (Wildman–Crippen LogP) is 7.67. The highest BCUT2D eigenvalue weighted by atomic mass is 32.1. The first-order valence-electron chi connectivity index (χ1n) is 11.5. The smallest absolute Gasteiger partial charge is 0.118 e. The molecule has 170 valence electrons. The topological polar surface area (TPSA) is 9.23 Å². The van der Waals surface area contributed by atoms with Crippen LogP contribution in [0.3, 0.4) is 0 Å². The molecule has 2 aromatic heterocycles. The van der Waals surface area contributed by atoms with Gasteiger partial charge in [-0.15, -0.1) is 22.7 Å². The summed E-state index contributed by atoms with van der Waals surface area (Å²) >= 11 is 3.80. The van der Waals surface area contributed by atoms with Crippen molar-refractivity contribution >= 4 is 49.2 Å². The van der Waals surface area contributed by atoms with Crippen LogP contribution in [0, 0.1) is 6.92 Å². The number of ether oxygens (including phenoxy) is 1. The van der Waals surface area contributed by atoms with Gasteiger partial charge in [-0.1, -0.05) is 77.3 Å². The zero-order valence-electron chi connectivity index (χ0n) is 20.8. The lowest BCUT2D eigenvalue weighted by atomic mass is 10.2. The van der Waals surface area contributed by atoms with Crippen molar-refractivity contribution in [2.24, 2.45) is 0 Å². The summed E-state index contributed by atoms with van der Waals surface area (Å²) < 4.78 is 6.60. The summed E-state index contributed by atoms with van der Waals surface area (Å²) in [6.07, 6.45) is 1.89. The normalized spacial score (nSPS) is 14.4. The van der Waals surface area contributed by atoms with Crippen molar-refractivity contribution in [2.75, 3.05) is 6.61 Å². The van der Waals surface area contributed by atoms with E-state index < -0.39 is 16.1 Å². The Morgan fingerprint density at radius 2 is 1.50 bits per heavy atom. The molecule has 0 saturated carbocycles. The summed E-state index contributed by atoms with van der Waals surface area (Å²) in [5, 5.41) is 7.73. The van der Waals surface area contributed by atoms with Crippen LogP contribution in [0.2, 0.25) is 31.2 Å². The van der Waals surface area contributed by atoms with Gasteiger partial charge in [0.2, 0.25) is 0 Å². The second-order valence-corrected chi connectivity index (χ2v) is 22.9. The maximum absolute atomic E-state index is 6.60. The molecule has 0 amide bonds. The van der Waals surface area contributed by atoms with E-state index in [-0.39, 0.29) is 5.04 Å². The fraction of sp³-hybridized carbons (Fsp3) is 0.407. The first-order valence-corrected chi connectivity index (χ1v) is 19.3. The molecule has 0 atom stereocenters. The van der Waals surface area contributed by atoms with Crippen molar-refractivity contribution in [3.05, 3.63) is 64.4 Å². The minimum atomic E-state index is -2.00. The van der Waals surface area contributed by atoms with Gasteiger partial charge in [-0.3, -0.25) is 0 Å². The number of thiophene rings is 2. The molecule has 0 radical (unpaired) electrons. The molecule has 0 aliphatic heterocycles. The molecule has 5 heteroatoms. The summed E-state index contributed by atoms with van der Waals surface area (Å²) in [7, 11) is -3.80. The van der Waals surface area contributed by atoms with Crippen LogP contribution in [-0.2, 0) is 0 Å². The molecule has 3 aromatic rings. The highest BCUT2D eigenvalue weighted by molar-refractivity contribution is 7.21. The number of hydrogen-bond donors (Lipinski definition) is 0. The maximum Gasteiger partial charge on any atom is 0.118 e. The van der Waals surface area contributed by atoms with Gasteiger partial charge in [0, 0.05) is 15.3 Å². The number of fused-ring (bicyclic) bond motifs is 3. The zero-order valence-corrected chi connectivity index (χ0v) is 24.4. The minimum Gasteiger partial charge on any atom is -0.490 e. The highest BCUT2D eigenvalue weighted by Gasteiger charge is 2.47. The molecule has 0 saturated heterocycles. The van der Waals surface area contributed by atoms with Gasteiger partial charge in [-0.25, -0.2) is 0 Å². The quantitative estimate of drug-likeness (QED) is 0.251. The number of rotatable bonds is 6. The van der Waals surface area contributed by atoms with Crippen molar-refractivity contribution < 1.29 is 4.74 Å². The van der Waals surface area contributed by atoms with Crippen LogP contribution >= 0.6 is 22.7 Å². The van der Waals surface area contributed by atoms with E-state index in [4.69, 9.17) is 4.74 Å². The molecule has 1 aromatic carbocycles. The SMILES string of the molecule is C=CCOc1c([Si](C)(C)C2c3ccsc3-c3sccc32)cc(C)cc1[Si](C)(C)C(C)(C)C. The molecule has 4 rings (SSSR count). The van der Waals surface area contributed by atoms with Gasteiger partial charge >= 0.3 is 0 Å². The van der Waals surface area contributed by atoms with Crippen LogP contribution in [0.1, 0.15) is 43.0 Å². The highest BCUT2D eigenvalue weighted by Crippen LogP contribution is 2.53. The average Bonchev–Trinajstić information content (AvgIpc) is 3.39. The van der Waals surface area contributed by atoms with Gasteiger partial charge in [-0.2, -0.15) is 0 Å².